The van der Waals surface area contributed by atoms with Crippen molar-refractivity contribution in [2.24, 2.45) is 0 Å². The van der Waals surface area contributed by atoms with E-state index in [4.69, 9.17) is 12.2 Å². The SMILES string of the molecule is CCc1ccc(N2C(=O)/C(=C/c3cc(C)n(-c4ccc(I)c(C)c4)c3C)C(=O)NC2=S)cc1. The predicted molar refractivity (Wildman–Crippen MR) is 145 cm³/mol. The number of anilines is 1. The molecule has 2 heterocycles. The van der Waals surface area contributed by atoms with Gasteiger partial charge in [0, 0.05) is 20.6 Å². The first kappa shape index (κ1) is 23.4. The van der Waals surface area contributed by atoms with Gasteiger partial charge in [0.15, 0.2) is 5.11 Å². The van der Waals surface area contributed by atoms with E-state index in [9.17, 15) is 9.59 Å². The number of aromatic nitrogens is 1. The van der Waals surface area contributed by atoms with E-state index >= 15 is 0 Å². The van der Waals surface area contributed by atoms with Crippen LogP contribution in [0, 0.1) is 24.3 Å². The third kappa shape index (κ3) is 4.39. The van der Waals surface area contributed by atoms with E-state index in [-0.39, 0.29) is 10.7 Å². The minimum atomic E-state index is -0.485. The van der Waals surface area contributed by atoms with Gasteiger partial charge in [-0.15, -0.1) is 0 Å². The number of halogens is 1. The number of rotatable bonds is 4. The van der Waals surface area contributed by atoms with Gasteiger partial charge in [0.25, 0.3) is 11.8 Å². The van der Waals surface area contributed by atoms with Crippen molar-refractivity contribution in [3.05, 3.63) is 85.8 Å². The van der Waals surface area contributed by atoms with Crippen LogP contribution in [-0.4, -0.2) is 21.5 Å². The summed E-state index contributed by atoms with van der Waals surface area (Å²) in [5.41, 5.74) is 6.88. The van der Waals surface area contributed by atoms with Crippen LogP contribution in [0.25, 0.3) is 11.8 Å². The van der Waals surface area contributed by atoms with E-state index in [1.165, 1.54) is 14.0 Å². The fraction of sp³-hybridized carbons (Fsp3) is 0.192. The van der Waals surface area contributed by atoms with Crippen molar-refractivity contribution in [3.8, 4) is 5.69 Å². The summed E-state index contributed by atoms with van der Waals surface area (Å²) >= 11 is 7.64. The van der Waals surface area contributed by atoms with Gasteiger partial charge in [-0.3, -0.25) is 19.8 Å². The molecule has 2 amide bonds. The van der Waals surface area contributed by atoms with Gasteiger partial charge < -0.3 is 4.57 Å². The number of nitrogens with zero attached hydrogens (tertiary/aromatic N) is 2. The molecule has 1 saturated heterocycles. The summed E-state index contributed by atoms with van der Waals surface area (Å²) in [5, 5.41) is 2.75. The number of amides is 2. The number of carbonyl (C=O) groups is 2. The maximum atomic E-state index is 13.4. The number of aryl methyl sites for hydroxylation is 3. The molecule has 0 atom stereocenters. The van der Waals surface area contributed by atoms with Crippen molar-refractivity contribution in [2.75, 3.05) is 4.90 Å². The second-order valence-corrected chi connectivity index (χ2v) is 9.62. The third-order valence-electron chi connectivity index (χ3n) is 5.87. The zero-order chi connectivity index (χ0) is 23.9. The second-order valence-electron chi connectivity index (χ2n) is 8.07. The molecule has 5 nitrogen and oxygen atoms in total. The highest BCUT2D eigenvalue weighted by Gasteiger charge is 2.34. The predicted octanol–water partition coefficient (Wildman–Crippen LogP) is 5.40. The fourth-order valence-corrected chi connectivity index (χ4v) is 4.64. The second kappa shape index (κ2) is 9.23. The first-order chi connectivity index (χ1) is 15.7. The summed E-state index contributed by atoms with van der Waals surface area (Å²) in [6.45, 7) is 8.16. The Morgan fingerprint density at radius 2 is 1.67 bits per heavy atom. The Kier molecular flexibility index (Phi) is 6.54. The third-order valence-corrected chi connectivity index (χ3v) is 7.37. The van der Waals surface area contributed by atoms with Gasteiger partial charge in [-0.05, 0) is 121 Å². The molecule has 0 spiro atoms. The Morgan fingerprint density at radius 1 is 1.00 bits per heavy atom. The molecule has 33 heavy (non-hydrogen) atoms. The van der Waals surface area contributed by atoms with Crippen LogP contribution in [0.3, 0.4) is 0 Å². The van der Waals surface area contributed by atoms with Crippen LogP contribution in [0.1, 0.15) is 35.0 Å². The summed E-state index contributed by atoms with van der Waals surface area (Å²) in [6, 6.07) is 15.9. The zero-order valence-electron chi connectivity index (χ0n) is 18.9. The van der Waals surface area contributed by atoms with E-state index in [1.54, 1.807) is 6.08 Å². The van der Waals surface area contributed by atoms with Crippen molar-refractivity contribution < 1.29 is 9.59 Å². The largest absolute Gasteiger partial charge is 0.318 e. The van der Waals surface area contributed by atoms with Crippen molar-refractivity contribution in [1.29, 1.82) is 0 Å². The number of benzene rings is 2. The summed E-state index contributed by atoms with van der Waals surface area (Å²) in [7, 11) is 0. The maximum Gasteiger partial charge on any atom is 0.270 e. The molecule has 2 aromatic carbocycles. The van der Waals surface area contributed by atoms with Gasteiger partial charge >= 0.3 is 0 Å². The Hall–Kier alpha value is -2.78. The summed E-state index contributed by atoms with van der Waals surface area (Å²) in [4.78, 5) is 27.5. The summed E-state index contributed by atoms with van der Waals surface area (Å²) in [5.74, 6) is -0.913. The molecule has 168 valence electrons. The molecule has 1 aliphatic rings. The molecule has 0 aliphatic carbocycles. The highest BCUT2D eigenvalue weighted by molar-refractivity contribution is 14.1. The lowest BCUT2D eigenvalue weighted by Gasteiger charge is -2.29. The highest BCUT2D eigenvalue weighted by Crippen LogP contribution is 2.27. The standard InChI is InChI=1S/C26H24IN3O2S/c1-5-18-6-8-20(9-7-18)30-25(32)22(24(31)28-26(30)33)14-19-13-16(3)29(17(19)4)21-10-11-23(27)15(2)12-21/h6-14H,5H2,1-4H3,(H,28,31,33)/b22-14+. The average molecular weight is 569 g/mol. The van der Waals surface area contributed by atoms with Gasteiger partial charge in [-0.25, -0.2) is 0 Å². The van der Waals surface area contributed by atoms with Crippen LogP contribution < -0.4 is 10.2 Å². The van der Waals surface area contributed by atoms with Gasteiger partial charge in [-0.2, -0.15) is 0 Å². The number of hydrogen-bond donors (Lipinski definition) is 1. The lowest BCUT2D eigenvalue weighted by Crippen LogP contribution is -2.54. The minimum absolute atomic E-state index is 0.0576. The molecule has 1 fully saturated rings. The van der Waals surface area contributed by atoms with Crippen molar-refractivity contribution in [2.45, 2.75) is 34.1 Å². The summed E-state index contributed by atoms with van der Waals surface area (Å²) < 4.78 is 3.33. The molecule has 1 aliphatic heterocycles. The van der Waals surface area contributed by atoms with Crippen LogP contribution >= 0.6 is 34.8 Å². The molecule has 0 unspecified atom stereocenters. The molecule has 0 radical (unpaired) electrons. The number of thiocarbonyl (C=S) groups is 1. The molecule has 0 saturated carbocycles. The van der Waals surface area contributed by atoms with Gasteiger partial charge in [0.05, 0.1) is 5.69 Å². The topological polar surface area (TPSA) is 54.3 Å². The Bertz CT molecular complexity index is 1320. The molecule has 7 heteroatoms. The van der Waals surface area contributed by atoms with Crippen molar-refractivity contribution >= 4 is 63.5 Å². The smallest absolute Gasteiger partial charge is 0.270 e. The molecular weight excluding hydrogens is 545 g/mol. The normalized spacial score (nSPS) is 15.4. The van der Waals surface area contributed by atoms with Crippen LogP contribution in [0.5, 0.6) is 0 Å². The molecular formula is C26H24IN3O2S. The van der Waals surface area contributed by atoms with Crippen LogP contribution in [-0.2, 0) is 16.0 Å². The van der Waals surface area contributed by atoms with Gasteiger partial charge in [0.2, 0.25) is 0 Å². The quantitative estimate of drug-likeness (QED) is 0.198. The Balaban J connectivity index is 1.74. The average Bonchev–Trinajstić information content (AvgIpc) is 3.06. The molecule has 1 N–H and O–H groups in total. The number of hydrogen-bond acceptors (Lipinski definition) is 3. The van der Waals surface area contributed by atoms with Crippen molar-refractivity contribution in [3.63, 3.8) is 0 Å². The van der Waals surface area contributed by atoms with E-state index < -0.39 is 11.8 Å². The minimum Gasteiger partial charge on any atom is -0.318 e. The van der Waals surface area contributed by atoms with E-state index in [2.05, 4.69) is 64.5 Å². The van der Waals surface area contributed by atoms with Gasteiger partial charge in [0.1, 0.15) is 5.57 Å². The molecule has 3 aromatic rings. The summed E-state index contributed by atoms with van der Waals surface area (Å²) in [6.07, 6.45) is 2.56. The monoisotopic (exact) mass is 569 g/mol. The first-order valence-electron chi connectivity index (χ1n) is 10.7. The van der Waals surface area contributed by atoms with E-state index in [0.29, 0.717) is 5.69 Å². The van der Waals surface area contributed by atoms with Crippen LogP contribution in [0.2, 0.25) is 0 Å². The first-order valence-corrected chi connectivity index (χ1v) is 12.2. The van der Waals surface area contributed by atoms with Crippen LogP contribution in [0.4, 0.5) is 5.69 Å². The van der Waals surface area contributed by atoms with Crippen molar-refractivity contribution in [1.82, 2.24) is 9.88 Å². The Morgan fingerprint density at radius 3 is 2.30 bits per heavy atom. The molecule has 4 rings (SSSR count). The number of nitrogens with one attached hydrogen (secondary N) is 1. The number of carbonyl (C=O) groups excluding carboxylic acids is 2. The van der Waals surface area contributed by atoms with Crippen LogP contribution in [0.15, 0.2) is 54.1 Å². The fourth-order valence-electron chi connectivity index (χ4n) is 4.03. The zero-order valence-corrected chi connectivity index (χ0v) is 21.9. The molecule has 1 aromatic heterocycles. The Labute approximate surface area is 212 Å². The van der Waals surface area contributed by atoms with E-state index in [1.807, 2.05) is 44.2 Å². The lowest BCUT2D eigenvalue weighted by atomic mass is 10.1. The van der Waals surface area contributed by atoms with E-state index in [0.717, 1.165) is 34.6 Å². The molecule has 0 bridgehead atoms. The highest BCUT2D eigenvalue weighted by atomic mass is 127. The lowest BCUT2D eigenvalue weighted by molar-refractivity contribution is -0.122. The maximum absolute atomic E-state index is 13.4. The van der Waals surface area contributed by atoms with Gasteiger partial charge in [-0.1, -0.05) is 19.1 Å².